The number of alkyl halides is 1. The fourth-order valence-corrected chi connectivity index (χ4v) is 2.40. The van der Waals surface area contributed by atoms with E-state index in [1.165, 1.54) is 0 Å². The second-order valence-electron chi connectivity index (χ2n) is 5.16. The molecule has 1 aliphatic heterocycles. The highest BCUT2D eigenvalue weighted by Gasteiger charge is 2.40. The molecule has 2 fully saturated rings. The zero-order chi connectivity index (χ0) is 13.2. The average Bonchev–Trinajstić information content (AvgIpc) is 3.17. The van der Waals surface area contributed by atoms with Crippen molar-refractivity contribution < 1.29 is 9.13 Å². The van der Waals surface area contributed by atoms with Gasteiger partial charge in [-0.3, -0.25) is 0 Å². The molecule has 1 aromatic heterocycles. The molecule has 0 amide bonds. The number of nitrogens with one attached hydrogen (secondary N) is 1. The second-order valence-corrected chi connectivity index (χ2v) is 5.16. The summed E-state index contributed by atoms with van der Waals surface area (Å²) in [6, 6.07) is 5.78. The van der Waals surface area contributed by atoms with E-state index in [0.717, 1.165) is 25.1 Å². The molecule has 1 saturated carbocycles. The van der Waals surface area contributed by atoms with E-state index < -0.39 is 6.17 Å². The van der Waals surface area contributed by atoms with Crippen molar-refractivity contribution in [2.75, 3.05) is 18.5 Å². The minimum Gasteiger partial charge on any atom is -0.379 e. The largest absolute Gasteiger partial charge is 0.379 e. The summed E-state index contributed by atoms with van der Waals surface area (Å²) in [6.07, 6.45) is 1.79. The van der Waals surface area contributed by atoms with Crippen LogP contribution in [0.2, 0.25) is 0 Å². The summed E-state index contributed by atoms with van der Waals surface area (Å²) in [7, 11) is 0. The van der Waals surface area contributed by atoms with Gasteiger partial charge in [0.15, 0.2) is 0 Å². The first-order valence-corrected chi connectivity index (χ1v) is 6.67. The molecule has 1 aliphatic carbocycles. The maximum absolute atomic E-state index is 13.1. The van der Waals surface area contributed by atoms with Crippen LogP contribution in [0.15, 0.2) is 12.1 Å². The molecule has 5 heteroatoms. The van der Waals surface area contributed by atoms with Gasteiger partial charge >= 0.3 is 0 Å². The van der Waals surface area contributed by atoms with Crippen LogP contribution in [0.3, 0.4) is 0 Å². The average molecular weight is 261 g/mol. The minimum atomic E-state index is -0.772. The lowest BCUT2D eigenvalue weighted by Gasteiger charge is -2.24. The number of pyridine rings is 1. The van der Waals surface area contributed by atoms with E-state index in [4.69, 9.17) is 10.00 Å². The molecule has 2 unspecified atom stereocenters. The highest BCUT2D eigenvalue weighted by molar-refractivity contribution is 5.53. The molecule has 3 atom stereocenters. The van der Waals surface area contributed by atoms with Gasteiger partial charge in [0.05, 0.1) is 18.2 Å². The lowest BCUT2D eigenvalue weighted by molar-refractivity contribution is 0.0875. The van der Waals surface area contributed by atoms with Crippen molar-refractivity contribution in [1.82, 2.24) is 4.98 Å². The van der Waals surface area contributed by atoms with Gasteiger partial charge < -0.3 is 10.1 Å². The smallest absolute Gasteiger partial charge is 0.144 e. The van der Waals surface area contributed by atoms with Crippen LogP contribution in [0.1, 0.15) is 36.4 Å². The van der Waals surface area contributed by atoms with Gasteiger partial charge in [-0.2, -0.15) is 5.26 Å². The number of anilines is 1. The van der Waals surface area contributed by atoms with Gasteiger partial charge in [0.1, 0.15) is 18.1 Å². The Kier molecular flexibility index (Phi) is 3.34. The number of nitrogens with zero attached hydrogens (tertiary/aromatic N) is 2. The fraction of sp³-hybridized carbons (Fsp3) is 0.571. The summed E-state index contributed by atoms with van der Waals surface area (Å²) in [5, 5.41) is 12.4. The number of ether oxygens (including phenoxy) is 1. The van der Waals surface area contributed by atoms with Crippen molar-refractivity contribution >= 4 is 5.82 Å². The molecule has 19 heavy (non-hydrogen) atoms. The summed E-state index contributed by atoms with van der Waals surface area (Å²) in [5.41, 5.74) is 1.25. The van der Waals surface area contributed by atoms with E-state index in [0.29, 0.717) is 24.4 Å². The Hall–Kier alpha value is -1.67. The Bertz CT molecular complexity index is 508. The molecular weight excluding hydrogens is 245 g/mol. The second kappa shape index (κ2) is 5.14. The molecule has 2 heterocycles. The van der Waals surface area contributed by atoms with E-state index in [-0.39, 0.29) is 12.0 Å². The Morgan fingerprint density at radius 3 is 2.95 bits per heavy atom. The first kappa shape index (κ1) is 12.4. The van der Waals surface area contributed by atoms with Crippen LogP contribution >= 0.6 is 0 Å². The number of hydrogen-bond donors (Lipinski definition) is 1. The SMILES string of the molecule is N#Cc1ccc(C2CC2F)nc1N[C@@H]1CCCOC1. The molecule has 0 radical (unpaired) electrons. The number of aromatic nitrogens is 1. The maximum Gasteiger partial charge on any atom is 0.144 e. The third kappa shape index (κ3) is 2.69. The third-order valence-electron chi connectivity index (χ3n) is 3.63. The first-order chi connectivity index (χ1) is 9.28. The Labute approximate surface area is 111 Å². The summed E-state index contributed by atoms with van der Waals surface area (Å²) < 4.78 is 18.5. The Balaban J connectivity index is 1.79. The summed E-state index contributed by atoms with van der Waals surface area (Å²) in [6.45, 7) is 1.42. The van der Waals surface area contributed by atoms with E-state index >= 15 is 0 Å². The maximum atomic E-state index is 13.1. The van der Waals surface area contributed by atoms with Crippen molar-refractivity contribution in [3.8, 4) is 6.07 Å². The van der Waals surface area contributed by atoms with Crippen LogP contribution in [0.5, 0.6) is 0 Å². The molecule has 0 aromatic carbocycles. The molecule has 0 bridgehead atoms. The van der Waals surface area contributed by atoms with Crippen molar-refractivity contribution in [1.29, 1.82) is 5.26 Å². The van der Waals surface area contributed by atoms with E-state index in [1.54, 1.807) is 12.1 Å². The van der Waals surface area contributed by atoms with Crippen molar-refractivity contribution in [3.63, 3.8) is 0 Å². The first-order valence-electron chi connectivity index (χ1n) is 6.67. The van der Waals surface area contributed by atoms with Gasteiger partial charge in [0.25, 0.3) is 0 Å². The Morgan fingerprint density at radius 2 is 2.32 bits per heavy atom. The summed E-state index contributed by atoms with van der Waals surface area (Å²) >= 11 is 0. The van der Waals surface area contributed by atoms with Gasteiger partial charge in [0, 0.05) is 18.2 Å². The van der Waals surface area contributed by atoms with Gasteiger partial charge in [-0.05, 0) is 31.4 Å². The molecule has 2 aliphatic rings. The number of halogens is 1. The van der Waals surface area contributed by atoms with Crippen LogP contribution in [0.25, 0.3) is 0 Å². The van der Waals surface area contributed by atoms with Crippen LogP contribution in [-0.4, -0.2) is 30.4 Å². The van der Waals surface area contributed by atoms with E-state index in [2.05, 4.69) is 16.4 Å². The van der Waals surface area contributed by atoms with E-state index in [1.807, 2.05) is 0 Å². The predicted octanol–water partition coefficient (Wildman–Crippen LogP) is 2.37. The van der Waals surface area contributed by atoms with Crippen molar-refractivity contribution in [2.24, 2.45) is 0 Å². The molecular formula is C14H16FN3O. The molecule has 1 aromatic rings. The zero-order valence-electron chi connectivity index (χ0n) is 10.6. The molecule has 4 nitrogen and oxygen atoms in total. The highest BCUT2D eigenvalue weighted by Crippen LogP contribution is 2.43. The molecule has 3 rings (SSSR count). The minimum absolute atomic E-state index is 0.0871. The van der Waals surface area contributed by atoms with Crippen LogP contribution in [0.4, 0.5) is 10.2 Å². The number of hydrogen-bond acceptors (Lipinski definition) is 4. The van der Waals surface area contributed by atoms with Gasteiger partial charge in [0.2, 0.25) is 0 Å². The Morgan fingerprint density at radius 1 is 1.47 bits per heavy atom. The van der Waals surface area contributed by atoms with Crippen LogP contribution in [-0.2, 0) is 4.74 Å². The molecule has 0 spiro atoms. The number of rotatable bonds is 3. The molecule has 1 N–H and O–H groups in total. The topological polar surface area (TPSA) is 57.9 Å². The van der Waals surface area contributed by atoms with Crippen LogP contribution in [0, 0.1) is 11.3 Å². The quantitative estimate of drug-likeness (QED) is 0.907. The third-order valence-corrected chi connectivity index (χ3v) is 3.63. The van der Waals surface area contributed by atoms with Crippen LogP contribution < -0.4 is 5.32 Å². The summed E-state index contributed by atoms with van der Waals surface area (Å²) in [5.74, 6) is 0.477. The monoisotopic (exact) mass is 261 g/mol. The highest BCUT2D eigenvalue weighted by atomic mass is 19.1. The zero-order valence-corrected chi connectivity index (χ0v) is 10.6. The van der Waals surface area contributed by atoms with Crippen molar-refractivity contribution in [3.05, 3.63) is 23.4 Å². The van der Waals surface area contributed by atoms with Gasteiger partial charge in [-0.25, -0.2) is 9.37 Å². The van der Waals surface area contributed by atoms with E-state index in [9.17, 15) is 4.39 Å². The predicted molar refractivity (Wildman–Crippen MR) is 68.7 cm³/mol. The fourth-order valence-electron chi connectivity index (χ4n) is 2.40. The van der Waals surface area contributed by atoms with Gasteiger partial charge in [-0.15, -0.1) is 0 Å². The summed E-state index contributed by atoms with van der Waals surface area (Å²) in [4.78, 5) is 4.42. The normalized spacial score (nSPS) is 29.6. The standard InChI is InChI=1S/C14H16FN3O/c15-12-6-11(12)13-4-3-9(7-16)14(18-13)17-10-2-1-5-19-8-10/h3-4,10-12H,1-2,5-6,8H2,(H,17,18)/t10-,11?,12?/m1/s1. The lowest BCUT2D eigenvalue weighted by Crippen LogP contribution is -2.30. The number of nitriles is 1. The van der Waals surface area contributed by atoms with Gasteiger partial charge in [-0.1, -0.05) is 0 Å². The molecule has 100 valence electrons. The molecule has 1 saturated heterocycles. The lowest BCUT2D eigenvalue weighted by atomic mass is 10.1. The van der Waals surface area contributed by atoms with Crippen molar-refractivity contribution in [2.45, 2.75) is 37.4 Å².